The molecule has 1 amide bonds. The summed E-state index contributed by atoms with van der Waals surface area (Å²) in [5, 5.41) is 12.7. The Morgan fingerprint density at radius 1 is 1.76 bits per heavy atom. The molecule has 0 bridgehead atoms. The van der Waals surface area contributed by atoms with Gasteiger partial charge in [0.15, 0.2) is 5.13 Å². The third kappa shape index (κ3) is 2.20. The van der Waals surface area contributed by atoms with Gasteiger partial charge in [0.2, 0.25) is 0 Å². The van der Waals surface area contributed by atoms with E-state index in [1.807, 2.05) is 0 Å². The standard InChI is InChI=1S/C10H16N4O2S/c1-12-10-13-8(11)7(17-10)9(16)14-4-2-3-6(14)5-15/h6,15H,2-5,11H2,1H3,(H,12,13). The molecule has 2 heterocycles. The van der Waals surface area contributed by atoms with Crippen LogP contribution in [0.5, 0.6) is 0 Å². The largest absolute Gasteiger partial charge is 0.394 e. The fraction of sp³-hybridized carbons (Fsp3) is 0.600. The molecule has 1 saturated heterocycles. The third-order valence-electron chi connectivity index (χ3n) is 2.91. The molecule has 4 N–H and O–H groups in total. The zero-order chi connectivity index (χ0) is 12.4. The molecule has 7 heteroatoms. The first kappa shape index (κ1) is 12.1. The highest BCUT2D eigenvalue weighted by atomic mass is 32.1. The number of thiazole rings is 1. The van der Waals surface area contributed by atoms with E-state index in [9.17, 15) is 9.90 Å². The molecule has 2 rings (SSSR count). The number of aromatic nitrogens is 1. The van der Waals surface area contributed by atoms with Gasteiger partial charge in [-0.05, 0) is 12.8 Å². The van der Waals surface area contributed by atoms with E-state index in [0.29, 0.717) is 16.6 Å². The minimum atomic E-state index is -0.127. The molecule has 6 nitrogen and oxygen atoms in total. The summed E-state index contributed by atoms with van der Waals surface area (Å²) in [4.78, 5) is 18.4. The van der Waals surface area contributed by atoms with Gasteiger partial charge in [-0.25, -0.2) is 4.98 Å². The number of anilines is 2. The van der Waals surface area contributed by atoms with E-state index in [2.05, 4.69) is 10.3 Å². The lowest BCUT2D eigenvalue weighted by Crippen LogP contribution is -2.37. The molecule has 17 heavy (non-hydrogen) atoms. The Kier molecular flexibility index (Phi) is 3.49. The first-order chi connectivity index (χ1) is 8.17. The highest BCUT2D eigenvalue weighted by Crippen LogP contribution is 2.28. The van der Waals surface area contributed by atoms with E-state index in [-0.39, 0.29) is 24.4 Å². The SMILES string of the molecule is CNc1nc(N)c(C(=O)N2CCCC2CO)s1. The molecule has 1 aromatic rings. The lowest BCUT2D eigenvalue weighted by molar-refractivity contribution is 0.0683. The minimum absolute atomic E-state index is 0.00331. The van der Waals surface area contributed by atoms with Crippen LogP contribution in [0, 0.1) is 0 Å². The van der Waals surface area contributed by atoms with Crippen molar-refractivity contribution >= 4 is 28.2 Å². The highest BCUT2D eigenvalue weighted by molar-refractivity contribution is 7.18. The van der Waals surface area contributed by atoms with Crippen LogP contribution in [0.4, 0.5) is 10.9 Å². The summed E-state index contributed by atoms with van der Waals surface area (Å²) < 4.78 is 0. The van der Waals surface area contributed by atoms with Crippen LogP contribution in [-0.2, 0) is 0 Å². The van der Waals surface area contributed by atoms with E-state index >= 15 is 0 Å². The normalized spacial score (nSPS) is 19.6. The van der Waals surface area contributed by atoms with Crippen molar-refractivity contribution in [2.24, 2.45) is 0 Å². The van der Waals surface area contributed by atoms with Crippen molar-refractivity contribution in [3.05, 3.63) is 4.88 Å². The molecule has 1 atom stereocenters. The van der Waals surface area contributed by atoms with E-state index in [0.717, 1.165) is 12.8 Å². The number of likely N-dealkylation sites (tertiary alicyclic amines) is 1. The third-order valence-corrected chi connectivity index (χ3v) is 3.99. The van der Waals surface area contributed by atoms with Crippen molar-refractivity contribution in [1.29, 1.82) is 0 Å². The summed E-state index contributed by atoms with van der Waals surface area (Å²) >= 11 is 1.25. The first-order valence-electron chi connectivity index (χ1n) is 5.53. The second kappa shape index (κ2) is 4.89. The number of rotatable bonds is 3. The second-order valence-corrected chi connectivity index (χ2v) is 4.96. The summed E-state index contributed by atoms with van der Waals surface area (Å²) in [6, 6.07) is -0.0814. The Bertz CT molecular complexity index is 420. The van der Waals surface area contributed by atoms with E-state index < -0.39 is 0 Å². The van der Waals surface area contributed by atoms with Crippen LogP contribution in [0.3, 0.4) is 0 Å². The summed E-state index contributed by atoms with van der Waals surface area (Å²) in [5.41, 5.74) is 5.72. The molecule has 0 aromatic carbocycles. The summed E-state index contributed by atoms with van der Waals surface area (Å²) in [6.07, 6.45) is 1.77. The lowest BCUT2D eigenvalue weighted by atomic mass is 10.2. The molecule has 0 aliphatic carbocycles. The highest BCUT2D eigenvalue weighted by Gasteiger charge is 2.31. The maximum absolute atomic E-state index is 12.2. The second-order valence-electron chi connectivity index (χ2n) is 3.96. The monoisotopic (exact) mass is 256 g/mol. The first-order valence-corrected chi connectivity index (χ1v) is 6.35. The fourth-order valence-corrected chi connectivity index (χ4v) is 2.81. The number of aliphatic hydroxyl groups excluding tert-OH is 1. The maximum atomic E-state index is 12.2. The molecule has 1 unspecified atom stereocenters. The molecule has 1 aromatic heterocycles. The average molecular weight is 256 g/mol. The fourth-order valence-electron chi connectivity index (χ4n) is 2.02. The van der Waals surface area contributed by atoms with Gasteiger partial charge in [0.1, 0.15) is 10.7 Å². The van der Waals surface area contributed by atoms with Gasteiger partial charge >= 0.3 is 0 Å². The number of nitrogens with two attached hydrogens (primary N) is 1. The van der Waals surface area contributed by atoms with Gasteiger partial charge in [-0.3, -0.25) is 4.79 Å². The predicted molar refractivity (Wildman–Crippen MR) is 67.2 cm³/mol. The van der Waals surface area contributed by atoms with Crippen LogP contribution >= 0.6 is 11.3 Å². The maximum Gasteiger partial charge on any atom is 0.268 e. The number of hydrogen-bond acceptors (Lipinski definition) is 6. The van der Waals surface area contributed by atoms with Gasteiger partial charge in [-0.1, -0.05) is 11.3 Å². The number of nitrogen functional groups attached to an aromatic ring is 1. The van der Waals surface area contributed by atoms with E-state index in [1.165, 1.54) is 11.3 Å². The molecule has 0 radical (unpaired) electrons. The molecule has 0 spiro atoms. The Labute approximate surface area is 103 Å². The van der Waals surface area contributed by atoms with Crippen LogP contribution in [0.25, 0.3) is 0 Å². The average Bonchev–Trinajstić information content (AvgIpc) is 2.93. The molecule has 1 fully saturated rings. The van der Waals surface area contributed by atoms with Gasteiger partial charge in [0.05, 0.1) is 12.6 Å². The number of carbonyl (C=O) groups is 1. The van der Waals surface area contributed by atoms with E-state index in [4.69, 9.17) is 5.73 Å². The zero-order valence-corrected chi connectivity index (χ0v) is 10.5. The minimum Gasteiger partial charge on any atom is -0.394 e. The van der Waals surface area contributed by atoms with Crippen molar-refractivity contribution < 1.29 is 9.90 Å². The van der Waals surface area contributed by atoms with Crippen LogP contribution in [0.2, 0.25) is 0 Å². The topological polar surface area (TPSA) is 91.5 Å². The number of nitrogens with one attached hydrogen (secondary N) is 1. The molecule has 1 aliphatic heterocycles. The molecular weight excluding hydrogens is 240 g/mol. The molecule has 94 valence electrons. The van der Waals surface area contributed by atoms with E-state index in [1.54, 1.807) is 11.9 Å². The van der Waals surface area contributed by atoms with Crippen molar-refractivity contribution in [3.63, 3.8) is 0 Å². The molecule has 0 saturated carbocycles. The number of aliphatic hydroxyl groups is 1. The number of amides is 1. The smallest absolute Gasteiger partial charge is 0.268 e. The Balaban J connectivity index is 2.21. The Morgan fingerprint density at radius 3 is 3.12 bits per heavy atom. The summed E-state index contributed by atoms with van der Waals surface area (Å²) in [5.74, 6) is 0.131. The van der Waals surface area contributed by atoms with Gasteiger partial charge < -0.3 is 21.1 Å². The van der Waals surface area contributed by atoms with Crippen molar-refractivity contribution in [3.8, 4) is 0 Å². The van der Waals surface area contributed by atoms with Crippen LogP contribution in [-0.4, -0.2) is 47.1 Å². The van der Waals surface area contributed by atoms with Gasteiger partial charge in [0, 0.05) is 13.6 Å². The van der Waals surface area contributed by atoms with Gasteiger partial charge in [-0.2, -0.15) is 0 Å². The summed E-state index contributed by atoms with van der Waals surface area (Å²) in [6.45, 7) is 0.680. The van der Waals surface area contributed by atoms with Gasteiger partial charge in [-0.15, -0.1) is 0 Å². The Morgan fingerprint density at radius 2 is 2.53 bits per heavy atom. The van der Waals surface area contributed by atoms with Crippen LogP contribution in [0.1, 0.15) is 22.5 Å². The van der Waals surface area contributed by atoms with Crippen molar-refractivity contribution in [2.75, 3.05) is 31.2 Å². The number of hydrogen-bond donors (Lipinski definition) is 3. The Hall–Kier alpha value is -1.34. The number of nitrogens with zero attached hydrogens (tertiary/aromatic N) is 2. The molecule has 1 aliphatic rings. The van der Waals surface area contributed by atoms with Gasteiger partial charge in [0.25, 0.3) is 5.91 Å². The summed E-state index contributed by atoms with van der Waals surface area (Å²) in [7, 11) is 1.74. The lowest BCUT2D eigenvalue weighted by Gasteiger charge is -2.22. The zero-order valence-electron chi connectivity index (χ0n) is 9.64. The molecular formula is C10H16N4O2S. The van der Waals surface area contributed by atoms with Crippen LogP contribution in [0.15, 0.2) is 0 Å². The quantitative estimate of drug-likeness (QED) is 0.726. The number of carbonyl (C=O) groups excluding carboxylic acids is 1. The predicted octanol–water partition coefficient (Wildman–Crippen LogP) is 0.364. The van der Waals surface area contributed by atoms with Crippen molar-refractivity contribution in [2.45, 2.75) is 18.9 Å². The van der Waals surface area contributed by atoms with Crippen LogP contribution < -0.4 is 11.1 Å². The van der Waals surface area contributed by atoms with Crippen molar-refractivity contribution in [1.82, 2.24) is 9.88 Å².